The van der Waals surface area contributed by atoms with Gasteiger partial charge in [0, 0.05) is 51.8 Å². The molecule has 0 bridgehead atoms. The predicted octanol–water partition coefficient (Wildman–Crippen LogP) is 1.23. The maximum atomic E-state index is 12.2. The lowest BCUT2D eigenvalue weighted by Gasteiger charge is -2.33. The summed E-state index contributed by atoms with van der Waals surface area (Å²) in [7, 11) is 1.77. The van der Waals surface area contributed by atoms with Gasteiger partial charge in [0.2, 0.25) is 11.8 Å². The van der Waals surface area contributed by atoms with Crippen molar-refractivity contribution < 1.29 is 9.21 Å². The van der Waals surface area contributed by atoms with Gasteiger partial charge in [0.25, 0.3) is 0 Å². The Bertz CT molecular complexity index is 424. The van der Waals surface area contributed by atoms with E-state index in [2.05, 4.69) is 17.1 Å². The maximum absolute atomic E-state index is 12.2. The first-order valence-corrected chi connectivity index (χ1v) is 6.85. The molecule has 1 saturated heterocycles. The molecule has 0 aliphatic carbocycles. The Balaban J connectivity index is 1.89. The largest absolute Gasteiger partial charge is 0.445 e. The van der Waals surface area contributed by atoms with Crippen LogP contribution in [0.2, 0.25) is 0 Å². The summed E-state index contributed by atoms with van der Waals surface area (Å²) in [4.78, 5) is 16.2. The number of carbonyl (C=O) groups is 1. The van der Waals surface area contributed by atoms with E-state index >= 15 is 0 Å². The molecule has 2 rings (SSSR count). The Morgan fingerprint density at radius 3 is 2.74 bits per heavy atom. The third-order valence-corrected chi connectivity index (χ3v) is 3.68. The van der Waals surface area contributed by atoms with Gasteiger partial charge in [0.1, 0.15) is 5.76 Å². The van der Waals surface area contributed by atoms with Gasteiger partial charge in [-0.1, -0.05) is 0 Å². The first kappa shape index (κ1) is 14.1. The molecule has 1 fully saturated rings. The van der Waals surface area contributed by atoms with Crippen LogP contribution in [0.3, 0.4) is 0 Å². The van der Waals surface area contributed by atoms with Crippen LogP contribution in [-0.4, -0.2) is 50.1 Å². The van der Waals surface area contributed by atoms with E-state index in [9.17, 15) is 4.79 Å². The zero-order chi connectivity index (χ0) is 13.8. The monoisotopic (exact) mass is 265 g/mol. The number of nitrogens with zero attached hydrogens (tertiary/aromatic N) is 2. The highest BCUT2D eigenvalue weighted by molar-refractivity contribution is 5.91. The molecule has 19 heavy (non-hydrogen) atoms. The fourth-order valence-electron chi connectivity index (χ4n) is 2.37. The number of aryl methyl sites for hydroxylation is 1. The lowest BCUT2D eigenvalue weighted by molar-refractivity contribution is -0.119. The van der Waals surface area contributed by atoms with E-state index in [4.69, 9.17) is 4.42 Å². The highest BCUT2D eigenvalue weighted by Gasteiger charge is 2.22. The Morgan fingerprint density at radius 2 is 2.16 bits per heavy atom. The van der Waals surface area contributed by atoms with Crippen molar-refractivity contribution >= 4 is 11.8 Å². The summed E-state index contributed by atoms with van der Waals surface area (Å²) in [6, 6.07) is 3.98. The second-order valence-corrected chi connectivity index (χ2v) is 5.18. The highest BCUT2D eigenvalue weighted by Crippen LogP contribution is 2.18. The number of piperazine rings is 1. The van der Waals surface area contributed by atoms with Crippen molar-refractivity contribution in [2.75, 3.05) is 38.1 Å². The topological polar surface area (TPSA) is 48.7 Å². The Labute approximate surface area is 114 Å². The van der Waals surface area contributed by atoms with E-state index in [1.165, 1.54) is 0 Å². The molecule has 0 saturated carbocycles. The number of hydrogen-bond donors (Lipinski definition) is 1. The molecule has 1 atom stereocenters. The Kier molecular flexibility index (Phi) is 4.61. The number of carbonyl (C=O) groups excluding carboxylic acids is 1. The van der Waals surface area contributed by atoms with Gasteiger partial charge >= 0.3 is 0 Å². The summed E-state index contributed by atoms with van der Waals surface area (Å²) in [6.07, 6.45) is 0.524. The molecule has 0 spiro atoms. The molecule has 0 radical (unpaired) electrons. The van der Waals surface area contributed by atoms with Crippen molar-refractivity contribution in [3.05, 3.63) is 17.9 Å². The standard InChI is InChI=1S/C14H23N3O2/c1-11(17-8-6-15-7-9-17)10-13(18)16(3)14-5-4-12(2)19-14/h4-5,11,15H,6-10H2,1-3H3. The molecule has 1 aliphatic rings. The number of hydrogen-bond acceptors (Lipinski definition) is 4. The summed E-state index contributed by atoms with van der Waals surface area (Å²) in [5.41, 5.74) is 0. The zero-order valence-electron chi connectivity index (χ0n) is 12.0. The third kappa shape index (κ3) is 3.58. The smallest absolute Gasteiger partial charge is 0.230 e. The first-order valence-electron chi connectivity index (χ1n) is 6.85. The lowest BCUT2D eigenvalue weighted by Crippen LogP contribution is -2.48. The number of furan rings is 1. The van der Waals surface area contributed by atoms with Crippen LogP contribution in [0.1, 0.15) is 19.1 Å². The molecule has 1 aliphatic heterocycles. The SMILES string of the molecule is Cc1ccc(N(C)C(=O)CC(C)N2CCNCC2)o1. The predicted molar refractivity (Wildman–Crippen MR) is 75.4 cm³/mol. The quantitative estimate of drug-likeness (QED) is 0.889. The van der Waals surface area contributed by atoms with Gasteiger partial charge in [-0.3, -0.25) is 14.6 Å². The van der Waals surface area contributed by atoms with Crippen molar-refractivity contribution in [1.29, 1.82) is 0 Å². The van der Waals surface area contributed by atoms with Crippen LogP contribution in [0.15, 0.2) is 16.5 Å². The van der Waals surface area contributed by atoms with Crippen LogP contribution >= 0.6 is 0 Å². The molecular formula is C14H23N3O2. The Morgan fingerprint density at radius 1 is 1.47 bits per heavy atom. The molecule has 5 nitrogen and oxygen atoms in total. The molecule has 1 aromatic rings. The average Bonchev–Trinajstić information content (AvgIpc) is 2.85. The van der Waals surface area contributed by atoms with Gasteiger partial charge in [-0.2, -0.15) is 0 Å². The average molecular weight is 265 g/mol. The third-order valence-electron chi connectivity index (χ3n) is 3.68. The number of amides is 1. The van der Waals surface area contributed by atoms with Gasteiger partial charge in [0.05, 0.1) is 0 Å². The molecular weight excluding hydrogens is 242 g/mol. The zero-order valence-corrected chi connectivity index (χ0v) is 12.0. The van der Waals surface area contributed by atoms with E-state index in [0.717, 1.165) is 31.9 Å². The van der Waals surface area contributed by atoms with Crippen LogP contribution in [-0.2, 0) is 4.79 Å². The van der Waals surface area contributed by atoms with Crippen LogP contribution < -0.4 is 10.2 Å². The number of anilines is 1. The minimum absolute atomic E-state index is 0.0976. The summed E-state index contributed by atoms with van der Waals surface area (Å²) >= 11 is 0. The van der Waals surface area contributed by atoms with Crippen LogP contribution in [0.4, 0.5) is 5.88 Å². The van der Waals surface area contributed by atoms with E-state index < -0.39 is 0 Å². The van der Waals surface area contributed by atoms with Crippen molar-refractivity contribution in [2.45, 2.75) is 26.3 Å². The minimum atomic E-state index is 0.0976. The molecule has 1 amide bonds. The molecule has 1 unspecified atom stereocenters. The van der Waals surface area contributed by atoms with Crippen molar-refractivity contribution in [2.24, 2.45) is 0 Å². The normalized spacial score (nSPS) is 18.3. The van der Waals surface area contributed by atoms with E-state index in [1.54, 1.807) is 11.9 Å². The van der Waals surface area contributed by atoms with Crippen LogP contribution in [0.25, 0.3) is 0 Å². The fourth-order valence-corrected chi connectivity index (χ4v) is 2.37. The summed E-state index contributed by atoms with van der Waals surface area (Å²) in [5.74, 6) is 1.54. The maximum Gasteiger partial charge on any atom is 0.230 e. The van der Waals surface area contributed by atoms with Gasteiger partial charge < -0.3 is 9.73 Å². The molecule has 0 aromatic carbocycles. The summed E-state index contributed by atoms with van der Waals surface area (Å²) in [5, 5.41) is 3.32. The van der Waals surface area contributed by atoms with E-state index in [-0.39, 0.29) is 11.9 Å². The number of nitrogens with one attached hydrogen (secondary N) is 1. The summed E-state index contributed by atoms with van der Waals surface area (Å²) in [6.45, 7) is 8.03. The van der Waals surface area contributed by atoms with Gasteiger partial charge in [0.15, 0.2) is 0 Å². The fraction of sp³-hybridized carbons (Fsp3) is 0.643. The highest BCUT2D eigenvalue weighted by atomic mass is 16.4. The summed E-state index contributed by atoms with van der Waals surface area (Å²) < 4.78 is 5.47. The minimum Gasteiger partial charge on any atom is -0.445 e. The number of rotatable bonds is 4. The Hall–Kier alpha value is -1.33. The first-order chi connectivity index (χ1) is 9.08. The molecule has 1 aromatic heterocycles. The second-order valence-electron chi connectivity index (χ2n) is 5.18. The molecule has 2 heterocycles. The van der Waals surface area contributed by atoms with Crippen molar-refractivity contribution in [3.63, 3.8) is 0 Å². The van der Waals surface area contributed by atoms with E-state index in [0.29, 0.717) is 12.3 Å². The molecule has 5 heteroatoms. The van der Waals surface area contributed by atoms with Crippen LogP contribution in [0, 0.1) is 6.92 Å². The molecule has 1 N–H and O–H groups in total. The van der Waals surface area contributed by atoms with Crippen LogP contribution in [0.5, 0.6) is 0 Å². The van der Waals surface area contributed by atoms with Gasteiger partial charge in [-0.15, -0.1) is 0 Å². The lowest BCUT2D eigenvalue weighted by atomic mass is 10.1. The second kappa shape index (κ2) is 6.21. The van der Waals surface area contributed by atoms with E-state index in [1.807, 2.05) is 19.1 Å². The van der Waals surface area contributed by atoms with Crippen molar-refractivity contribution in [3.8, 4) is 0 Å². The van der Waals surface area contributed by atoms with Crippen molar-refractivity contribution in [1.82, 2.24) is 10.2 Å². The molecule has 106 valence electrons. The van der Waals surface area contributed by atoms with Gasteiger partial charge in [-0.05, 0) is 19.9 Å². The van der Waals surface area contributed by atoms with Gasteiger partial charge in [-0.25, -0.2) is 0 Å².